The van der Waals surface area contributed by atoms with Crippen molar-refractivity contribution in [2.24, 2.45) is 0 Å². The Labute approximate surface area is 462 Å². The van der Waals surface area contributed by atoms with E-state index in [1.54, 1.807) is 0 Å². The Morgan fingerprint density at radius 2 is 0.765 bits per heavy atom. The Morgan fingerprint density at radius 3 is 1.37 bits per heavy atom. The molecule has 12 aromatic carbocycles. The molecule has 5 aromatic heterocycles. The second kappa shape index (κ2) is 17.1. The molecule has 0 amide bonds. The summed E-state index contributed by atoms with van der Waals surface area (Å²) in [5.74, 6) is 0. The summed E-state index contributed by atoms with van der Waals surface area (Å²) in [5, 5.41) is 21.8. The van der Waals surface area contributed by atoms with Gasteiger partial charge in [-0.05, 0) is 64.2 Å². The highest BCUT2D eigenvalue weighted by Gasteiger charge is 2.34. The first-order chi connectivity index (χ1) is 40.2. The van der Waals surface area contributed by atoms with E-state index in [1.165, 1.54) is 0 Å². The average molecular weight is 1030 g/mol. The van der Waals surface area contributed by atoms with Gasteiger partial charge in [0.05, 0.1) is 45.6 Å². The quantitative estimate of drug-likeness (QED) is 0.156. The van der Waals surface area contributed by atoms with Crippen LogP contribution in [0.25, 0.3) is 170 Å². The molecule has 0 aliphatic heterocycles. The molecule has 7 heteroatoms. The van der Waals surface area contributed by atoms with Crippen LogP contribution in [0.3, 0.4) is 0 Å². The molecule has 7 nitrogen and oxygen atoms in total. The van der Waals surface area contributed by atoms with Gasteiger partial charge in [-0.1, -0.05) is 206 Å². The van der Waals surface area contributed by atoms with Gasteiger partial charge in [0.15, 0.2) is 16.7 Å². The number of rotatable bonds is 6. The number of hydrogen-bond donors (Lipinski definition) is 0. The summed E-state index contributed by atoms with van der Waals surface area (Å²) in [6, 6.07) is 85.9. The number of fused-ring (bicyclic) bond motifs is 18. The maximum absolute atomic E-state index is 12.3. The van der Waals surface area contributed by atoms with Gasteiger partial charge < -0.3 is 22.4 Å². The highest BCUT2D eigenvalue weighted by Crippen LogP contribution is 2.55. The smallest absolute Gasteiger partial charge is 0.220 e. The fraction of sp³-hybridized carbons (Fsp3) is 0. The van der Waals surface area contributed by atoms with E-state index in [0.717, 1.165) is 126 Å². The third-order valence-corrected chi connectivity index (χ3v) is 16.6. The fourth-order valence-electron chi connectivity index (χ4n) is 13.2. The van der Waals surface area contributed by atoms with E-state index in [1.807, 2.05) is 91.0 Å². The molecular weight excluding hydrogens is 993 g/mol. The van der Waals surface area contributed by atoms with Gasteiger partial charge in [-0.2, -0.15) is 5.26 Å². The predicted octanol–water partition coefficient (Wildman–Crippen LogP) is 20.7. The molecular formula is C74H40N4O3. The maximum atomic E-state index is 12.3. The van der Waals surface area contributed by atoms with Crippen LogP contribution in [0.2, 0.25) is 0 Å². The molecule has 81 heavy (non-hydrogen) atoms. The van der Waals surface area contributed by atoms with Gasteiger partial charge in [-0.15, -0.1) is 0 Å². The van der Waals surface area contributed by atoms with Crippen LogP contribution in [-0.4, -0.2) is 9.13 Å². The van der Waals surface area contributed by atoms with E-state index < -0.39 is 0 Å². The molecule has 0 bridgehead atoms. The second-order valence-corrected chi connectivity index (χ2v) is 20.7. The van der Waals surface area contributed by atoms with Crippen molar-refractivity contribution in [3.8, 4) is 62.0 Å². The van der Waals surface area contributed by atoms with Crippen LogP contribution in [0.5, 0.6) is 0 Å². The van der Waals surface area contributed by atoms with Gasteiger partial charge >= 0.3 is 0 Å². The summed E-state index contributed by atoms with van der Waals surface area (Å²) in [5.41, 5.74) is 16.2. The van der Waals surface area contributed by atoms with Crippen LogP contribution in [-0.2, 0) is 0 Å². The van der Waals surface area contributed by atoms with E-state index in [0.29, 0.717) is 50.5 Å². The third-order valence-electron chi connectivity index (χ3n) is 16.6. The number of nitriles is 1. The topological polar surface area (TPSA) is 77.4 Å². The standard InChI is InChI=1S/C74H40N4O3/c1-76-65-63(44-22-7-3-8-23-44)59(42-75)66(77-60-33-16-13-28-48(60)51-36-41-58-55-32-19-31-54(71(55)81-74(58)67(51)77)47-27-12-11-26-46(47)43-20-5-2-6-21-43)64(45-24-9-4-10-25-45)70(65)78-68-52(37-39-56-49-29-14-17-34-61(49)79-72(56)68)53-38-40-57-50-30-15-18-35-62(50)80-73(57)69(53)78/h2-41H. The lowest BCUT2D eigenvalue weighted by atomic mass is 9.88. The highest BCUT2D eigenvalue weighted by atomic mass is 16.3. The minimum atomic E-state index is 0.303. The van der Waals surface area contributed by atoms with Gasteiger partial charge in [0, 0.05) is 70.6 Å². The van der Waals surface area contributed by atoms with Crippen molar-refractivity contribution in [2.45, 2.75) is 0 Å². The number of furan rings is 3. The molecule has 374 valence electrons. The molecule has 0 aliphatic carbocycles. The zero-order valence-electron chi connectivity index (χ0n) is 43.1. The second-order valence-electron chi connectivity index (χ2n) is 20.7. The Kier molecular flexibility index (Phi) is 9.42. The molecule has 5 heterocycles. The Morgan fingerprint density at radius 1 is 0.333 bits per heavy atom. The van der Waals surface area contributed by atoms with Crippen LogP contribution in [0, 0.1) is 17.9 Å². The third kappa shape index (κ3) is 6.20. The molecule has 0 spiro atoms. The van der Waals surface area contributed by atoms with E-state index in [-0.39, 0.29) is 0 Å². The van der Waals surface area contributed by atoms with E-state index >= 15 is 0 Å². The Hall–Kier alpha value is -11.4. The van der Waals surface area contributed by atoms with Crippen LogP contribution in [0.15, 0.2) is 256 Å². The summed E-state index contributed by atoms with van der Waals surface area (Å²) in [6.07, 6.45) is 0. The zero-order chi connectivity index (χ0) is 53.4. The van der Waals surface area contributed by atoms with Gasteiger partial charge in [0.2, 0.25) is 5.69 Å². The minimum Gasteiger partial charge on any atom is -0.454 e. The van der Waals surface area contributed by atoms with Gasteiger partial charge in [-0.25, -0.2) is 4.85 Å². The average Bonchev–Trinajstić information content (AvgIpc) is 2.92. The first-order valence-corrected chi connectivity index (χ1v) is 27.0. The van der Waals surface area contributed by atoms with E-state index in [4.69, 9.17) is 13.3 Å². The summed E-state index contributed by atoms with van der Waals surface area (Å²) in [4.78, 5) is 4.64. The van der Waals surface area contributed by atoms with Crippen LogP contribution in [0.1, 0.15) is 5.56 Å². The summed E-state index contributed by atoms with van der Waals surface area (Å²) < 4.78 is 26.1. The van der Waals surface area contributed by atoms with Crippen LogP contribution < -0.4 is 0 Å². The molecule has 0 atom stereocenters. The first-order valence-electron chi connectivity index (χ1n) is 27.0. The Balaban J connectivity index is 1.11. The number of nitrogens with zero attached hydrogens (tertiary/aromatic N) is 4. The van der Waals surface area contributed by atoms with Crippen molar-refractivity contribution >= 4 is 115 Å². The van der Waals surface area contributed by atoms with Crippen molar-refractivity contribution in [3.63, 3.8) is 0 Å². The molecule has 0 saturated carbocycles. The molecule has 0 aliphatic rings. The number of benzene rings is 12. The van der Waals surface area contributed by atoms with Crippen molar-refractivity contribution in [1.82, 2.24) is 9.13 Å². The van der Waals surface area contributed by atoms with Gasteiger partial charge in [0.1, 0.15) is 22.8 Å². The lowest BCUT2D eigenvalue weighted by molar-refractivity contribution is 0.669. The summed E-state index contributed by atoms with van der Waals surface area (Å²) in [6.45, 7) is 9.60. The van der Waals surface area contributed by atoms with Crippen molar-refractivity contribution in [1.29, 1.82) is 5.26 Å². The fourth-order valence-corrected chi connectivity index (χ4v) is 13.2. The summed E-state index contributed by atoms with van der Waals surface area (Å²) >= 11 is 0. The number of hydrogen-bond acceptors (Lipinski definition) is 4. The van der Waals surface area contributed by atoms with Crippen molar-refractivity contribution in [3.05, 3.63) is 260 Å². The molecule has 0 saturated heterocycles. The molecule has 17 rings (SSSR count). The van der Waals surface area contributed by atoms with Crippen LogP contribution >= 0.6 is 0 Å². The van der Waals surface area contributed by atoms with Crippen molar-refractivity contribution in [2.75, 3.05) is 0 Å². The monoisotopic (exact) mass is 1030 g/mol. The predicted molar refractivity (Wildman–Crippen MR) is 330 cm³/mol. The molecule has 17 aromatic rings. The minimum absolute atomic E-state index is 0.303. The lowest BCUT2D eigenvalue weighted by Crippen LogP contribution is -2.09. The maximum Gasteiger partial charge on any atom is 0.220 e. The Bertz CT molecular complexity index is 5480. The van der Waals surface area contributed by atoms with Gasteiger partial charge in [0.25, 0.3) is 0 Å². The number of para-hydroxylation sites is 4. The van der Waals surface area contributed by atoms with Crippen LogP contribution in [0.4, 0.5) is 5.69 Å². The van der Waals surface area contributed by atoms with Gasteiger partial charge in [-0.3, -0.25) is 0 Å². The number of aromatic nitrogens is 2. The first kappa shape index (κ1) is 44.7. The highest BCUT2D eigenvalue weighted by molar-refractivity contribution is 6.28. The molecule has 0 unspecified atom stereocenters. The molecule has 0 fully saturated rings. The van der Waals surface area contributed by atoms with E-state index in [2.05, 4.69) is 172 Å². The SMILES string of the molecule is [C-]#[N+]c1c(-c2ccccc2)c(C#N)c(-n2c3ccccc3c3ccc4c5cccc(-c6ccccc6-c6ccccc6)c5oc4c32)c(-c2ccccc2)c1-n1c2c(ccc3c4ccccc4oc32)c2ccc3c4ccccc4oc3c21. The normalized spacial score (nSPS) is 11.9. The van der Waals surface area contributed by atoms with Crippen molar-refractivity contribution < 1.29 is 13.3 Å². The molecule has 0 N–H and O–H groups in total. The molecule has 0 radical (unpaired) electrons. The zero-order valence-corrected chi connectivity index (χ0v) is 43.1. The largest absolute Gasteiger partial charge is 0.454 e. The van der Waals surface area contributed by atoms with E-state index in [9.17, 15) is 11.8 Å². The summed E-state index contributed by atoms with van der Waals surface area (Å²) in [7, 11) is 0. The lowest BCUT2D eigenvalue weighted by Gasteiger charge is -2.25.